The average molecular weight is 388 g/mol. The zero-order chi connectivity index (χ0) is 20.0. The second kappa shape index (κ2) is 9.18. The van der Waals surface area contributed by atoms with Gasteiger partial charge in [0.1, 0.15) is 0 Å². The summed E-state index contributed by atoms with van der Waals surface area (Å²) in [6.07, 6.45) is 0.703. The number of likely N-dealkylation sites (N-methyl/N-ethyl adjacent to an activating group) is 1. The van der Waals surface area contributed by atoms with Crippen molar-refractivity contribution in [3.05, 3.63) is 69.8 Å². The van der Waals surface area contributed by atoms with Crippen LogP contribution in [0.4, 0.5) is 5.69 Å². The Labute approximate surface area is 161 Å². The highest BCUT2D eigenvalue weighted by Crippen LogP contribution is 2.28. The van der Waals surface area contributed by atoms with Gasteiger partial charge in [-0.1, -0.05) is 30.3 Å². The SMILES string of the molecule is CSc1ccc(C(=O)O[C@H](C)C(=O)N(C)Cc2ccccc2)cc1[N+](=O)[O-]. The number of nitro groups is 1. The van der Waals surface area contributed by atoms with E-state index in [0.29, 0.717) is 11.4 Å². The summed E-state index contributed by atoms with van der Waals surface area (Å²) in [5, 5.41) is 11.1. The Bertz CT molecular complexity index is 841. The topological polar surface area (TPSA) is 89.8 Å². The van der Waals surface area contributed by atoms with E-state index in [2.05, 4.69) is 0 Å². The maximum absolute atomic E-state index is 12.4. The number of carbonyl (C=O) groups is 2. The molecular formula is C19H20N2O5S. The first kappa shape index (κ1) is 20.4. The summed E-state index contributed by atoms with van der Waals surface area (Å²) >= 11 is 1.21. The normalized spacial score (nSPS) is 11.5. The summed E-state index contributed by atoms with van der Waals surface area (Å²) in [5.41, 5.74) is 0.817. The van der Waals surface area contributed by atoms with Gasteiger partial charge in [-0.05, 0) is 30.9 Å². The minimum atomic E-state index is -1.01. The summed E-state index contributed by atoms with van der Waals surface area (Å²) in [4.78, 5) is 37.2. The molecule has 0 aliphatic carbocycles. The van der Waals surface area contributed by atoms with Crippen LogP contribution >= 0.6 is 11.8 Å². The number of thioether (sulfide) groups is 1. The molecule has 0 aromatic heterocycles. The second-order valence-corrected chi connectivity index (χ2v) is 6.72. The standard InChI is InChI=1S/C19H20N2O5S/c1-13(18(22)20(2)12-14-7-5-4-6-8-14)26-19(23)15-9-10-17(27-3)16(11-15)21(24)25/h4-11,13H,12H2,1-3H3/t13-/m1/s1. The molecule has 1 amide bonds. The molecule has 0 aliphatic rings. The van der Waals surface area contributed by atoms with E-state index in [0.717, 1.165) is 5.56 Å². The fourth-order valence-corrected chi connectivity index (χ4v) is 3.03. The van der Waals surface area contributed by atoms with Crippen molar-refractivity contribution in [2.45, 2.75) is 24.5 Å². The van der Waals surface area contributed by atoms with Crippen LogP contribution in [-0.4, -0.2) is 41.1 Å². The van der Waals surface area contributed by atoms with E-state index in [9.17, 15) is 19.7 Å². The summed E-state index contributed by atoms with van der Waals surface area (Å²) in [5.74, 6) is -1.14. The quantitative estimate of drug-likeness (QED) is 0.312. The Hall–Kier alpha value is -2.87. The Morgan fingerprint density at radius 1 is 1.22 bits per heavy atom. The molecule has 2 aromatic carbocycles. The molecule has 0 N–H and O–H groups in total. The molecule has 0 saturated heterocycles. The predicted molar refractivity (Wildman–Crippen MR) is 103 cm³/mol. The number of hydrogen-bond acceptors (Lipinski definition) is 6. The van der Waals surface area contributed by atoms with Crippen LogP contribution in [0.25, 0.3) is 0 Å². The van der Waals surface area contributed by atoms with E-state index in [1.165, 1.54) is 41.8 Å². The van der Waals surface area contributed by atoms with Gasteiger partial charge in [-0.15, -0.1) is 11.8 Å². The molecule has 0 spiro atoms. The van der Waals surface area contributed by atoms with Crippen LogP contribution in [-0.2, 0) is 16.1 Å². The monoisotopic (exact) mass is 388 g/mol. The molecule has 142 valence electrons. The number of nitrogens with zero attached hydrogens (tertiary/aromatic N) is 2. The molecule has 0 saturated carbocycles. The van der Waals surface area contributed by atoms with Gasteiger partial charge in [0.2, 0.25) is 0 Å². The van der Waals surface area contributed by atoms with Gasteiger partial charge in [0, 0.05) is 19.7 Å². The number of hydrogen-bond donors (Lipinski definition) is 0. The summed E-state index contributed by atoms with van der Waals surface area (Å²) in [6.45, 7) is 1.86. The summed E-state index contributed by atoms with van der Waals surface area (Å²) in [6, 6.07) is 13.5. The fraction of sp³-hybridized carbons (Fsp3) is 0.263. The zero-order valence-corrected chi connectivity index (χ0v) is 16.1. The Kier molecular flexibility index (Phi) is 6.95. The van der Waals surface area contributed by atoms with Gasteiger partial charge in [-0.2, -0.15) is 0 Å². The second-order valence-electron chi connectivity index (χ2n) is 5.87. The molecule has 0 heterocycles. The van der Waals surface area contributed by atoms with E-state index < -0.39 is 17.0 Å². The van der Waals surface area contributed by atoms with Crippen LogP contribution in [0.1, 0.15) is 22.8 Å². The minimum Gasteiger partial charge on any atom is -0.449 e. The lowest BCUT2D eigenvalue weighted by atomic mass is 10.2. The van der Waals surface area contributed by atoms with E-state index in [1.54, 1.807) is 13.3 Å². The van der Waals surface area contributed by atoms with Crippen LogP contribution in [0.15, 0.2) is 53.4 Å². The van der Waals surface area contributed by atoms with Gasteiger partial charge >= 0.3 is 5.97 Å². The lowest BCUT2D eigenvalue weighted by Crippen LogP contribution is -2.37. The Morgan fingerprint density at radius 3 is 2.48 bits per heavy atom. The van der Waals surface area contributed by atoms with Crippen molar-refractivity contribution in [3.8, 4) is 0 Å². The van der Waals surface area contributed by atoms with Crippen LogP contribution in [0.3, 0.4) is 0 Å². The molecule has 0 bridgehead atoms. The maximum atomic E-state index is 12.4. The molecule has 2 aromatic rings. The Morgan fingerprint density at radius 2 is 1.89 bits per heavy atom. The molecule has 0 aliphatic heterocycles. The highest BCUT2D eigenvalue weighted by molar-refractivity contribution is 7.98. The van der Waals surface area contributed by atoms with Crippen LogP contribution in [0, 0.1) is 10.1 Å². The first-order valence-corrected chi connectivity index (χ1v) is 9.38. The van der Waals surface area contributed by atoms with E-state index in [4.69, 9.17) is 4.74 Å². The minimum absolute atomic E-state index is 0.0323. The van der Waals surface area contributed by atoms with Crippen molar-refractivity contribution in [1.82, 2.24) is 4.90 Å². The van der Waals surface area contributed by atoms with E-state index in [-0.39, 0.29) is 17.2 Å². The van der Waals surface area contributed by atoms with Crippen LogP contribution < -0.4 is 0 Å². The lowest BCUT2D eigenvalue weighted by molar-refractivity contribution is -0.387. The molecule has 1 atom stereocenters. The third kappa shape index (κ3) is 5.30. The van der Waals surface area contributed by atoms with Gasteiger partial charge < -0.3 is 9.64 Å². The molecule has 0 fully saturated rings. The zero-order valence-electron chi connectivity index (χ0n) is 15.2. The third-order valence-corrected chi connectivity index (χ3v) is 4.67. The number of ether oxygens (including phenoxy) is 1. The summed E-state index contributed by atoms with van der Waals surface area (Å²) in [7, 11) is 1.62. The fourth-order valence-electron chi connectivity index (χ4n) is 2.48. The van der Waals surface area contributed by atoms with E-state index in [1.807, 2.05) is 30.3 Å². The molecule has 0 radical (unpaired) electrons. The predicted octanol–water partition coefficient (Wildman–Crippen LogP) is 3.52. The maximum Gasteiger partial charge on any atom is 0.339 e. The number of rotatable bonds is 7. The van der Waals surface area contributed by atoms with E-state index >= 15 is 0 Å². The van der Waals surface area contributed by atoms with Gasteiger partial charge in [-0.25, -0.2) is 4.79 Å². The highest BCUT2D eigenvalue weighted by atomic mass is 32.2. The van der Waals surface area contributed by atoms with Gasteiger partial charge in [0.15, 0.2) is 6.10 Å². The lowest BCUT2D eigenvalue weighted by Gasteiger charge is -2.21. The molecule has 27 heavy (non-hydrogen) atoms. The van der Waals surface area contributed by atoms with Crippen molar-refractivity contribution < 1.29 is 19.2 Å². The van der Waals surface area contributed by atoms with Crippen molar-refractivity contribution >= 4 is 29.3 Å². The molecular weight excluding hydrogens is 368 g/mol. The van der Waals surface area contributed by atoms with Crippen molar-refractivity contribution in [3.63, 3.8) is 0 Å². The Balaban J connectivity index is 2.05. The number of esters is 1. The molecule has 0 unspecified atom stereocenters. The molecule has 2 rings (SSSR count). The molecule has 8 heteroatoms. The first-order valence-electron chi connectivity index (χ1n) is 8.15. The number of benzene rings is 2. The largest absolute Gasteiger partial charge is 0.449 e. The first-order chi connectivity index (χ1) is 12.8. The van der Waals surface area contributed by atoms with Crippen molar-refractivity contribution in [2.75, 3.05) is 13.3 Å². The van der Waals surface area contributed by atoms with Gasteiger partial charge in [-0.3, -0.25) is 14.9 Å². The molecule has 7 nitrogen and oxygen atoms in total. The smallest absolute Gasteiger partial charge is 0.339 e. The van der Waals surface area contributed by atoms with Gasteiger partial charge in [0.05, 0.1) is 15.4 Å². The third-order valence-electron chi connectivity index (χ3n) is 3.88. The number of carbonyl (C=O) groups excluding carboxylic acids is 2. The number of nitro benzene ring substituents is 1. The van der Waals surface area contributed by atoms with Crippen molar-refractivity contribution in [1.29, 1.82) is 0 Å². The van der Waals surface area contributed by atoms with Crippen LogP contribution in [0.2, 0.25) is 0 Å². The highest BCUT2D eigenvalue weighted by Gasteiger charge is 2.24. The van der Waals surface area contributed by atoms with Gasteiger partial charge in [0.25, 0.3) is 11.6 Å². The average Bonchev–Trinajstić information content (AvgIpc) is 2.67. The van der Waals surface area contributed by atoms with Crippen LogP contribution in [0.5, 0.6) is 0 Å². The van der Waals surface area contributed by atoms with Crippen molar-refractivity contribution in [2.24, 2.45) is 0 Å². The summed E-state index contributed by atoms with van der Waals surface area (Å²) < 4.78 is 5.21. The number of amides is 1.